The average Bonchev–Trinajstić information content (AvgIpc) is 3.37. The van der Waals surface area contributed by atoms with Crippen LogP contribution < -0.4 is 0 Å². The van der Waals surface area contributed by atoms with Crippen LogP contribution in [-0.2, 0) is 20.9 Å². The Bertz CT molecular complexity index is 862. The molecule has 1 aromatic carbocycles. The molecule has 176 valence electrons. The zero-order valence-electron chi connectivity index (χ0n) is 17.6. The van der Waals surface area contributed by atoms with Crippen LogP contribution in [0, 0.1) is 6.92 Å². The number of benzene rings is 1. The van der Waals surface area contributed by atoms with Crippen LogP contribution in [0.1, 0.15) is 42.6 Å². The maximum atomic E-state index is 10.6. The van der Waals surface area contributed by atoms with Gasteiger partial charge in [-0.05, 0) is 31.7 Å². The van der Waals surface area contributed by atoms with Crippen molar-refractivity contribution in [1.82, 2.24) is 15.0 Å². The molecular formula is C21H26F3N3O5. The van der Waals surface area contributed by atoms with E-state index in [-0.39, 0.29) is 12.2 Å². The molecule has 2 aliphatic rings. The molecule has 32 heavy (non-hydrogen) atoms. The van der Waals surface area contributed by atoms with E-state index in [0.29, 0.717) is 24.4 Å². The van der Waals surface area contributed by atoms with Gasteiger partial charge in [0.2, 0.25) is 0 Å². The van der Waals surface area contributed by atoms with E-state index in [1.807, 2.05) is 25.1 Å². The Morgan fingerprint density at radius 1 is 1.25 bits per heavy atom. The zero-order chi connectivity index (χ0) is 23.1. The number of alkyl halides is 3. The van der Waals surface area contributed by atoms with Crippen LogP contribution in [0.3, 0.4) is 0 Å². The summed E-state index contributed by atoms with van der Waals surface area (Å²) in [6, 6.07) is 10.8. The van der Waals surface area contributed by atoms with Crippen molar-refractivity contribution in [3.8, 4) is 0 Å². The van der Waals surface area contributed by atoms with Crippen LogP contribution in [0.15, 0.2) is 34.9 Å². The van der Waals surface area contributed by atoms with Gasteiger partial charge < -0.3 is 19.1 Å². The van der Waals surface area contributed by atoms with Gasteiger partial charge in [-0.25, -0.2) is 4.79 Å². The highest BCUT2D eigenvalue weighted by atomic mass is 19.4. The Morgan fingerprint density at radius 2 is 1.97 bits per heavy atom. The van der Waals surface area contributed by atoms with Gasteiger partial charge in [-0.2, -0.15) is 18.2 Å². The Labute approximate surface area is 183 Å². The van der Waals surface area contributed by atoms with Crippen molar-refractivity contribution >= 4 is 5.97 Å². The van der Waals surface area contributed by atoms with Gasteiger partial charge in [0.05, 0.1) is 19.3 Å². The van der Waals surface area contributed by atoms with E-state index in [1.54, 1.807) is 0 Å². The van der Waals surface area contributed by atoms with Crippen LogP contribution in [0.25, 0.3) is 0 Å². The normalized spacial score (nSPS) is 23.3. The number of aliphatic carboxylic acids is 1. The molecule has 0 amide bonds. The molecule has 2 saturated heterocycles. The molecular weight excluding hydrogens is 431 g/mol. The zero-order valence-corrected chi connectivity index (χ0v) is 17.6. The number of aryl methyl sites for hydroxylation is 1. The molecule has 2 fully saturated rings. The lowest BCUT2D eigenvalue weighted by Crippen LogP contribution is -2.41. The topological polar surface area (TPSA) is 97.9 Å². The number of halogens is 3. The van der Waals surface area contributed by atoms with E-state index in [2.05, 4.69) is 27.2 Å². The molecule has 0 bridgehead atoms. The van der Waals surface area contributed by atoms with E-state index >= 15 is 0 Å². The molecule has 2 aliphatic heterocycles. The molecule has 4 rings (SSSR count). The summed E-state index contributed by atoms with van der Waals surface area (Å²) < 4.78 is 49.1. The molecule has 8 nitrogen and oxygen atoms in total. The fourth-order valence-corrected chi connectivity index (χ4v) is 3.86. The monoisotopic (exact) mass is 457 g/mol. The second-order valence-electron chi connectivity index (χ2n) is 7.65. The maximum Gasteiger partial charge on any atom is 0.490 e. The lowest BCUT2D eigenvalue weighted by atomic mass is 9.99. The van der Waals surface area contributed by atoms with Crippen molar-refractivity contribution in [1.29, 1.82) is 0 Å². The predicted molar refractivity (Wildman–Crippen MR) is 106 cm³/mol. The fraction of sp³-hybridized carbons (Fsp3) is 0.571. The molecule has 0 saturated carbocycles. The smallest absolute Gasteiger partial charge is 0.475 e. The largest absolute Gasteiger partial charge is 0.490 e. The summed E-state index contributed by atoms with van der Waals surface area (Å²) in [6.07, 6.45) is -1.76. The number of rotatable bonds is 6. The lowest BCUT2D eigenvalue weighted by molar-refractivity contribution is -0.192. The number of carboxylic acid groups (broad SMARTS) is 1. The number of ether oxygens (including phenoxy) is 2. The summed E-state index contributed by atoms with van der Waals surface area (Å²) in [6.45, 7) is 5.30. The molecule has 1 aromatic heterocycles. The Morgan fingerprint density at radius 3 is 2.59 bits per heavy atom. The number of hydrogen-bond donors (Lipinski definition) is 1. The molecule has 0 spiro atoms. The van der Waals surface area contributed by atoms with E-state index in [4.69, 9.17) is 23.9 Å². The second-order valence-corrected chi connectivity index (χ2v) is 7.65. The van der Waals surface area contributed by atoms with Gasteiger partial charge in [-0.3, -0.25) is 4.90 Å². The molecule has 0 aliphatic carbocycles. The number of nitrogens with zero attached hydrogens (tertiary/aromatic N) is 3. The third kappa shape index (κ3) is 6.75. The summed E-state index contributed by atoms with van der Waals surface area (Å²) >= 11 is 0. The van der Waals surface area contributed by atoms with Crippen molar-refractivity contribution in [2.75, 3.05) is 19.7 Å². The SMILES string of the molecule is Cc1noc([C@@H]2CC[C@@H]3[C@@H](CCN3CCOCc3ccccc3)O2)n1.O=C(O)C(F)(F)F. The third-order valence-electron chi connectivity index (χ3n) is 5.36. The minimum atomic E-state index is -5.08. The molecule has 3 atom stereocenters. The fourth-order valence-electron chi connectivity index (χ4n) is 3.86. The number of fused-ring (bicyclic) bond motifs is 1. The van der Waals surface area contributed by atoms with E-state index in [0.717, 1.165) is 39.0 Å². The lowest BCUT2D eigenvalue weighted by Gasteiger charge is -2.34. The Hall–Kier alpha value is -2.50. The van der Waals surface area contributed by atoms with Crippen molar-refractivity contribution in [2.45, 2.75) is 57.2 Å². The van der Waals surface area contributed by atoms with Crippen LogP contribution in [0.4, 0.5) is 13.2 Å². The van der Waals surface area contributed by atoms with Crippen LogP contribution >= 0.6 is 0 Å². The minimum Gasteiger partial charge on any atom is -0.475 e. The molecule has 2 aromatic rings. The highest BCUT2D eigenvalue weighted by molar-refractivity contribution is 5.73. The number of carbonyl (C=O) groups is 1. The first-order valence-electron chi connectivity index (χ1n) is 10.4. The Balaban J connectivity index is 0.000000360. The van der Waals surface area contributed by atoms with Crippen molar-refractivity contribution in [3.63, 3.8) is 0 Å². The van der Waals surface area contributed by atoms with Gasteiger partial charge in [0.1, 0.15) is 6.10 Å². The van der Waals surface area contributed by atoms with Crippen LogP contribution in [0.2, 0.25) is 0 Å². The maximum absolute atomic E-state index is 10.6. The highest BCUT2D eigenvalue weighted by Gasteiger charge is 2.41. The average molecular weight is 457 g/mol. The summed E-state index contributed by atoms with van der Waals surface area (Å²) in [4.78, 5) is 15.7. The first-order valence-corrected chi connectivity index (χ1v) is 10.4. The predicted octanol–water partition coefficient (Wildman–Crippen LogP) is 3.52. The first kappa shape index (κ1) is 24.1. The second kappa shape index (κ2) is 10.9. The van der Waals surface area contributed by atoms with Crippen LogP contribution in [-0.4, -0.2) is 64.1 Å². The van der Waals surface area contributed by atoms with Gasteiger partial charge in [0.25, 0.3) is 5.89 Å². The van der Waals surface area contributed by atoms with E-state index < -0.39 is 12.1 Å². The summed E-state index contributed by atoms with van der Waals surface area (Å²) in [7, 11) is 0. The van der Waals surface area contributed by atoms with Gasteiger partial charge in [-0.15, -0.1) is 0 Å². The summed E-state index contributed by atoms with van der Waals surface area (Å²) in [5.41, 5.74) is 1.22. The van der Waals surface area contributed by atoms with Crippen molar-refractivity contribution in [2.24, 2.45) is 0 Å². The number of aromatic nitrogens is 2. The quantitative estimate of drug-likeness (QED) is 0.658. The summed E-state index contributed by atoms with van der Waals surface area (Å²) in [5, 5.41) is 11.0. The number of likely N-dealkylation sites (tertiary alicyclic amines) is 1. The van der Waals surface area contributed by atoms with E-state index in [1.165, 1.54) is 5.56 Å². The van der Waals surface area contributed by atoms with Gasteiger partial charge in [-0.1, -0.05) is 35.5 Å². The summed E-state index contributed by atoms with van der Waals surface area (Å²) in [5.74, 6) is -1.46. The van der Waals surface area contributed by atoms with Crippen molar-refractivity contribution < 1.29 is 37.1 Å². The standard InChI is InChI=1S/C19H25N3O3.C2HF3O2/c1-14-20-19(25-21-14)18-8-7-16-17(24-18)9-10-22(16)11-12-23-13-15-5-3-2-4-6-15;3-2(4,5)1(6)7/h2-6,16-18H,7-13H2,1H3;(H,6,7)/t16-,17-,18+;/m1./s1. The molecule has 0 unspecified atom stereocenters. The Kier molecular flexibility index (Phi) is 8.21. The highest BCUT2D eigenvalue weighted by Crippen LogP contribution is 2.37. The van der Waals surface area contributed by atoms with Gasteiger partial charge in [0, 0.05) is 19.1 Å². The van der Waals surface area contributed by atoms with Crippen LogP contribution in [0.5, 0.6) is 0 Å². The number of carboxylic acids is 1. The first-order chi connectivity index (χ1) is 15.2. The van der Waals surface area contributed by atoms with Crippen molar-refractivity contribution in [3.05, 3.63) is 47.6 Å². The van der Waals surface area contributed by atoms with Gasteiger partial charge in [0.15, 0.2) is 5.82 Å². The van der Waals surface area contributed by atoms with E-state index in [9.17, 15) is 13.2 Å². The third-order valence-corrected chi connectivity index (χ3v) is 5.36. The molecule has 3 heterocycles. The molecule has 0 radical (unpaired) electrons. The molecule has 11 heteroatoms. The minimum absolute atomic E-state index is 0.0447. The van der Waals surface area contributed by atoms with Gasteiger partial charge >= 0.3 is 12.1 Å². The molecule has 1 N–H and O–H groups in total. The number of hydrogen-bond acceptors (Lipinski definition) is 7.